The molecule has 118 valence electrons. The van der Waals surface area contributed by atoms with E-state index in [0.29, 0.717) is 38.2 Å². The number of rotatable bonds is 3. The van der Waals surface area contributed by atoms with Crippen LogP contribution in [0.3, 0.4) is 0 Å². The quantitative estimate of drug-likeness (QED) is 0.904. The van der Waals surface area contributed by atoms with E-state index in [1.54, 1.807) is 4.90 Å². The number of fused-ring (bicyclic) bond motifs is 1. The number of carbonyl (C=O) groups excluding carboxylic acids is 1. The van der Waals surface area contributed by atoms with E-state index in [0.717, 1.165) is 11.3 Å². The van der Waals surface area contributed by atoms with E-state index in [9.17, 15) is 9.90 Å². The first-order valence-electron chi connectivity index (χ1n) is 7.56. The number of ether oxygens (including phenoxy) is 1. The van der Waals surface area contributed by atoms with Crippen molar-refractivity contribution in [2.24, 2.45) is 0 Å². The molecular weight excluding hydrogens is 280 g/mol. The Kier molecular flexibility index (Phi) is 3.93. The Labute approximate surface area is 130 Å². The summed E-state index contributed by atoms with van der Waals surface area (Å²) in [7, 11) is 3.85. The number of para-hydroxylation sites is 1. The van der Waals surface area contributed by atoms with E-state index in [4.69, 9.17) is 4.74 Å². The Balaban J connectivity index is 1.72. The fourth-order valence-electron chi connectivity index (χ4n) is 3.19. The van der Waals surface area contributed by atoms with Crippen molar-refractivity contribution in [2.75, 3.05) is 40.3 Å². The Bertz CT molecular complexity index is 612. The van der Waals surface area contributed by atoms with Crippen LogP contribution in [0, 0.1) is 0 Å². The lowest BCUT2D eigenvalue weighted by Crippen LogP contribution is -2.44. The topological polar surface area (TPSA) is 53.0 Å². The lowest BCUT2D eigenvalue weighted by Gasteiger charge is -2.27. The number of nitrogens with zero attached hydrogens (tertiary/aromatic N) is 2. The first kappa shape index (κ1) is 15.1. The van der Waals surface area contributed by atoms with Crippen LogP contribution in [0.5, 0.6) is 5.75 Å². The predicted octanol–water partition coefficient (Wildman–Crippen LogP) is 0.987. The molecule has 1 atom stereocenters. The molecule has 1 aromatic rings. The third kappa shape index (κ3) is 3.00. The number of benzene rings is 1. The van der Waals surface area contributed by atoms with Gasteiger partial charge in [-0.3, -0.25) is 4.79 Å². The van der Waals surface area contributed by atoms with Crippen molar-refractivity contribution in [3.05, 3.63) is 35.4 Å². The van der Waals surface area contributed by atoms with Crippen molar-refractivity contribution in [3.8, 4) is 5.75 Å². The normalized spacial score (nSPS) is 24.0. The molecule has 1 fully saturated rings. The van der Waals surface area contributed by atoms with Crippen molar-refractivity contribution < 1.29 is 14.6 Å². The zero-order valence-electron chi connectivity index (χ0n) is 13.1. The second-order valence-electron chi connectivity index (χ2n) is 6.43. The molecule has 2 heterocycles. The van der Waals surface area contributed by atoms with Gasteiger partial charge < -0.3 is 19.6 Å². The Morgan fingerprint density at radius 2 is 2.18 bits per heavy atom. The van der Waals surface area contributed by atoms with Crippen LogP contribution in [0.1, 0.15) is 12.0 Å². The number of likely N-dealkylation sites (N-methyl/N-ethyl adjacent to an activating group) is 1. The van der Waals surface area contributed by atoms with E-state index >= 15 is 0 Å². The second kappa shape index (κ2) is 5.74. The van der Waals surface area contributed by atoms with Crippen molar-refractivity contribution in [2.45, 2.75) is 12.0 Å². The van der Waals surface area contributed by atoms with Gasteiger partial charge in [0.1, 0.15) is 12.4 Å². The van der Waals surface area contributed by atoms with Crippen molar-refractivity contribution in [3.63, 3.8) is 0 Å². The van der Waals surface area contributed by atoms with Gasteiger partial charge in [-0.05, 0) is 32.7 Å². The second-order valence-corrected chi connectivity index (χ2v) is 6.43. The van der Waals surface area contributed by atoms with Gasteiger partial charge in [0.2, 0.25) is 0 Å². The highest BCUT2D eigenvalue weighted by Gasteiger charge is 2.39. The summed E-state index contributed by atoms with van der Waals surface area (Å²) in [5, 5.41) is 10.6. The van der Waals surface area contributed by atoms with Gasteiger partial charge in [0.05, 0.1) is 17.7 Å². The molecule has 0 bridgehead atoms. The third-order valence-corrected chi connectivity index (χ3v) is 4.14. The highest BCUT2D eigenvalue weighted by atomic mass is 16.5. The number of amides is 1. The minimum atomic E-state index is -0.812. The average molecular weight is 302 g/mol. The summed E-state index contributed by atoms with van der Waals surface area (Å²) < 4.78 is 5.65. The van der Waals surface area contributed by atoms with E-state index in [2.05, 4.69) is 0 Å². The van der Waals surface area contributed by atoms with Crippen LogP contribution in [0.15, 0.2) is 29.8 Å². The molecule has 1 amide bonds. The molecule has 5 heteroatoms. The van der Waals surface area contributed by atoms with Crippen LogP contribution < -0.4 is 4.74 Å². The number of hydrogen-bond acceptors (Lipinski definition) is 4. The molecule has 5 nitrogen and oxygen atoms in total. The first-order chi connectivity index (χ1) is 10.5. The van der Waals surface area contributed by atoms with Crippen LogP contribution in [-0.2, 0) is 4.79 Å². The minimum absolute atomic E-state index is 0.0378. The molecular formula is C17H22N2O3. The fraction of sp³-hybridized carbons (Fsp3) is 0.471. The molecule has 0 radical (unpaired) electrons. The van der Waals surface area contributed by atoms with Crippen molar-refractivity contribution >= 4 is 12.0 Å². The molecule has 0 saturated carbocycles. The lowest BCUT2D eigenvalue weighted by atomic mass is 10.0. The molecule has 22 heavy (non-hydrogen) atoms. The van der Waals surface area contributed by atoms with Crippen molar-refractivity contribution in [1.82, 2.24) is 9.80 Å². The van der Waals surface area contributed by atoms with E-state index in [1.807, 2.05) is 49.3 Å². The summed E-state index contributed by atoms with van der Waals surface area (Å²) in [4.78, 5) is 16.3. The number of β-amino-alcohol motifs (C(OH)–C–C–N with tert-alkyl or cyclic N) is 1. The summed E-state index contributed by atoms with van der Waals surface area (Å²) in [6, 6.07) is 7.69. The molecule has 2 aliphatic rings. The Hall–Kier alpha value is -1.85. The van der Waals surface area contributed by atoms with Gasteiger partial charge in [-0.25, -0.2) is 0 Å². The average Bonchev–Trinajstić information content (AvgIpc) is 2.87. The maximum atomic E-state index is 12.6. The molecule has 0 aromatic heterocycles. The number of likely N-dealkylation sites (tertiary alicyclic amines) is 1. The van der Waals surface area contributed by atoms with Gasteiger partial charge in [-0.15, -0.1) is 0 Å². The van der Waals surface area contributed by atoms with Gasteiger partial charge in [0, 0.05) is 18.7 Å². The largest absolute Gasteiger partial charge is 0.488 e. The highest BCUT2D eigenvalue weighted by molar-refractivity contribution is 5.99. The Morgan fingerprint density at radius 3 is 2.95 bits per heavy atom. The van der Waals surface area contributed by atoms with Gasteiger partial charge in [0.25, 0.3) is 5.91 Å². The van der Waals surface area contributed by atoms with Crippen LogP contribution in [0.4, 0.5) is 0 Å². The fourth-order valence-corrected chi connectivity index (χ4v) is 3.19. The molecule has 1 unspecified atom stereocenters. The molecule has 1 aromatic carbocycles. The summed E-state index contributed by atoms with van der Waals surface area (Å²) in [5.74, 6) is 0.772. The van der Waals surface area contributed by atoms with Gasteiger partial charge in [-0.1, -0.05) is 18.2 Å². The summed E-state index contributed by atoms with van der Waals surface area (Å²) in [5.41, 5.74) is 0.764. The maximum absolute atomic E-state index is 12.6. The lowest BCUT2D eigenvalue weighted by molar-refractivity contribution is -0.127. The van der Waals surface area contributed by atoms with Crippen LogP contribution >= 0.6 is 0 Å². The summed E-state index contributed by atoms with van der Waals surface area (Å²) in [6.45, 7) is 1.82. The number of aliphatic hydroxyl groups is 1. The zero-order chi connectivity index (χ0) is 15.7. The van der Waals surface area contributed by atoms with Crippen LogP contribution in [-0.4, -0.2) is 66.8 Å². The molecule has 2 aliphatic heterocycles. The zero-order valence-corrected chi connectivity index (χ0v) is 13.1. The number of carbonyl (C=O) groups is 1. The number of hydrogen-bond donors (Lipinski definition) is 1. The van der Waals surface area contributed by atoms with Gasteiger partial charge >= 0.3 is 0 Å². The molecule has 3 rings (SSSR count). The predicted molar refractivity (Wildman–Crippen MR) is 84.6 cm³/mol. The van der Waals surface area contributed by atoms with Gasteiger partial charge in [-0.2, -0.15) is 0 Å². The standard InChI is InChI=1S/C17H22N2O3/c1-18(2)11-17(21)7-8-19(12-17)16(20)14-9-13-5-3-4-6-15(13)22-10-14/h3-6,9,21H,7-8,10-12H2,1-2H3. The SMILES string of the molecule is CN(C)CC1(O)CCN(C(=O)C2=Cc3ccccc3OC2)C1. The third-order valence-electron chi connectivity index (χ3n) is 4.14. The molecule has 1 N–H and O–H groups in total. The summed E-state index contributed by atoms with van der Waals surface area (Å²) in [6.07, 6.45) is 2.51. The van der Waals surface area contributed by atoms with Crippen LogP contribution in [0.25, 0.3) is 6.08 Å². The minimum Gasteiger partial charge on any atom is -0.488 e. The first-order valence-corrected chi connectivity index (χ1v) is 7.56. The summed E-state index contributed by atoms with van der Waals surface area (Å²) >= 11 is 0. The van der Waals surface area contributed by atoms with E-state index in [-0.39, 0.29) is 5.91 Å². The van der Waals surface area contributed by atoms with Gasteiger partial charge in [0.15, 0.2) is 0 Å². The maximum Gasteiger partial charge on any atom is 0.253 e. The molecule has 0 aliphatic carbocycles. The Morgan fingerprint density at radius 1 is 1.41 bits per heavy atom. The van der Waals surface area contributed by atoms with E-state index in [1.165, 1.54) is 0 Å². The monoisotopic (exact) mass is 302 g/mol. The highest BCUT2D eigenvalue weighted by Crippen LogP contribution is 2.28. The molecule has 1 saturated heterocycles. The smallest absolute Gasteiger partial charge is 0.253 e. The van der Waals surface area contributed by atoms with E-state index < -0.39 is 5.60 Å². The molecule has 0 spiro atoms. The van der Waals surface area contributed by atoms with Crippen LogP contribution in [0.2, 0.25) is 0 Å². The van der Waals surface area contributed by atoms with Crippen molar-refractivity contribution in [1.29, 1.82) is 0 Å².